The van der Waals surface area contributed by atoms with Gasteiger partial charge in [0, 0.05) is 0 Å². The Morgan fingerprint density at radius 2 is 2.00 bits per heavy atom. The van der Waals surface area contributed by atoms with Crippen LogP contribution in [0.2, 0.25) is 0 Å². The summed E-state index contributed by atoms with van der Waals surface area (Å²) in [6.45, 7) is 7.08. The lowest BCUT2D eigenvalue weighted by Gasteiger charge is -2.29. The average Bonchev–Trinajstić information content (AvgIpc) is 2.24. The number of methoxy groups -OCH3 is 1. The van der Waals surface area contributed by atoms with Crippen LogP contribution >= 0.6 is 0 Å². The molecular weight excluding hydrogens is 217 g/mol. The van der Waals surface area contributed by atoms with Gasteiger partial charge in [-0.3, -0.25) is 0 Å². The predicted molar refractivity (Wildman–Crippen MR) is 68.7 cm³/mol. The minimum absolute atomic E-state index is 0.130. The van der Waals surface area contributed by atoms with Crippen LogP contribution in [0.1, 0.15) is 26.3 Å². The van der Waals surface area contributed by atoms with E-state index in [2.05, 4.69) is 20.8 Å². The zero-order valence-corrected chi connectivity index (χ0v) is 11.1. The lowest BCUT2D eigenvalue weighted by Crippen LogP contribution is -2.29. The van der Waals surface area contributed by atoms with E-state index in [1.54, 1.807) is 6.07 Å². The quantitative estimate of drug-likeness (QED) is 0.876. The van der Waals surface area contributed by atoms with Gasteiger partial charge in [-0.15, -0.1) is 0 Å². The Bertz CT molecular complexity index is 371. The molecule has 0 aliphatic rings. The second-order valence-electron chi connectivity index (χ2n) is 5.47. The van der Waals surface area contributed by atoms with E-state index in [1.807, 2.05) is 6.07 Å². The molecule has 0 heterocycles. The fourth-order valence-electron chi connectivity index (χ4n) is 1.86. The maximum atomic E-state index is 13.5. The zero-order chi connectivity index (χ0) is 13.1. The van der Waals surface area contributed by atoms with Crippen molar-refractivity contribution in [3.05, 3.63) is 29.6 Å². The number of nitrogens with two attached hydrogens (primary N) is 1. The second-order valence-corrected chi connectivity index (χ2v) is 5.47. The fourth-order valence-corrected chi connectivity index (χ4v) is 1.86. The topological polar surface area (TPSA) is 35.2 Å². The smallest absolute Gasteiger partial charge is 0.165 e. The molecule has 1 atom stereocenters. The van der Waals surface area contributed by atoms with Crippen LogP contribution in [0.5, 0.6) is 5.75 Å². The molecule has 0 aliphatic heterocycles. The predicted octanol–water partition coefficient (Wildman–Crippen LogP) is 3.00. The highest BCUT2D eigenvalue weighted by molar-refractivity contribution is 5.29. The van der Waals surface area contributed by atoms with Crippen LogP contribution in [0, 0.1) is 17.2 Å². The summed E-state index contributed by atoms with van der Waals surface area (Å²) in [5.74, 6) is 0.318. The molecule has 2 nitrogen and oxygen atoms in total. The van der Waals surface area contributed by atoms with E-state index >= 15 is 0 Å². The maximum absolute atomic E-state index is 13.5. The van der Waals surface area contributed by atoms with Gasteiger partial charge in [-0.25, -0.2) is 4.39 Å². The van der Waals surface area contributed by atoms with Crippen molar-refractivity contribution in [3.63, 3.8) is 0 Å². The summed E-state index contributed by atoms with van der Waals surface area (Å²) < 4.78 is 18.4. The van der Waals surface area contributed by atoms with Crippen LogP contribution in [0.25, 0.3) is 0 Å². The van der Waals surface area contributed by atoms with Crippen molar-refractivity contribution < 1.29 is 9.13 Å². The summed E-state index contributed by atoms with van der Waals surface area (Å²) in [5.41, 5.74) is 6.88. The van der Waals surface area contributed by atoms with Gasteiger partial charge in [0.05, 0.1) is 7.11 Å². The van der Waals surface area contributed by atoms with E-state index in [4.69, 9.17) is 10.5 Å². The van der Waals surface area contributed by atoms with Crippen LogP contribution in [0.3, 0.4) is 0 Å². The highest BCUT2D eigenvalue weighted by Gasteiger charge is 2.23. The number of ether oxygens (including phenoxy) is 1. The lowest BCUT2D eigenvalue weighted by atomic mass is 9.77. The minimum Gasteiger partial charge on any atom is -0.494 e. The van der Waals surface area contributed by atoms with Gasteiger partial charge >= 0.3 is 0 Å². The molecule has 3 heteroatoms. The molecule has 1 aromatic rings. The summed E-state index contributed by atoms with van der Waals surface area (Å²) in [4.78, 5) is 0. The third-order valence-electron chi connectivity index (χ3n) is 3.21. The number of hydrogen-bond acceptors (Lipinski definition) is 2. The molecule has 1 aromatic carbocycles. The molecule has 96 valence electrons. The van der Waals surface area contributed by atoms with Crippen LogP contribution in [-0.4, -0.2) is 13.7 Å². The molecule has 0 bridgehead atoms. The molecule has 0 fully saturated rings. The van der Waals surface area contributed by atoms with E-state index in [-0.39, 0.29) is 17.0 Å². The molecule has 0 radical (unpaired) electrons. The Morgan fingerprint density at radius 1 is 1.35 bits per heavy atom. The van der Waals surface area contributed by atoms with E-state index in [0.29, 0.717) is 12.5 Å². The van der Waals surface area contributed by atoms with E-state index in [1.165, 1.54) is 13.2 Å². The molecule has 0 amide bonds. The Hall–Kier alpha value is -1.09. The Balaban J connectivity index is 2.84. The highest BCUT2D eigenvalue weighted by Crippen LogP contribution is 2.29. The van der Waals surface area contributed by atoms with Crippen LogP contribution in [0.4, 0.5) is 4.39 Å². The van der Waals surface area contributed by atoms with Crippen molar-refractivity contribution >= 4 is 0 Å². The fraction of sp³-hybridized carbons (Fsp3) is 0.571. The molecule has 0 aliphatic carbocycles. The first-order valence-electron chi connectivity index (χ1n) is 5.91. The number of halogens is 1. The largest absolute Gasteiger partial charge is 0.494 e. The zero-order valence-electron chi connectivity index (χ0n) is 11.1. The molecule has 0 aromatic heterocycles. The van der Waals surface area contributed by atoms with Gasteiger partial charge in [0.15, 0.2) is 11.6 Å². The first-order chi connectivity index (χ1) is 7.88. The minimum atomic E-state index is -0.310. The first-order valence-corrected chi connectivity index (χ1v) is 5.91. The molecule has 0 saturated carbocycles. The van der Waals surface area contributed by atoms with Crippen molar-refractivity contribution in [1.82, 2.24) is 0 Å². The summed E-state index contributed by atoms with van der Waals surface area (Å²) in [7, 11) is 1.47. The van der Waals surface area contributed by atoms with Gasteiger partial charge < -0.3 is 10.5 Å². The van der Waals surface area contributed by atoms with Gasteiger partial charge in [0.25, 0.3) is 0 Å². The Kier molecular flexibility index (Phi) is 4.52. The third-order valence-corrected chi connectivity index (χ3v) is 3.21. The van der Waals surface area contributed by atoms with Crippen LogP contribution in [-0.2, 0) is 6.42 Å². The lowest BCUT2D eigenvalue weighted by molar-refractivity contribution is 0.245. The molecule has 1 rings (SSSR count). The molecule has 0 saturated heterocycles. The normalized spacial score (nSPS) is 13.5. The van der Waals surface area contributed by atoms with Gasteiger partial charge in [-0.05, 0) is 42.0 Å². The summed E-state index contributed by atoms with van der Waals surface area (Å²) in [6, 6.07) is 5.10. The van der Waals surface area contributed by atoms with Crippen molar-refractivity contribution in [3.8, 4) is 5.75 Å². The monoisotopic (exact) mass is 239 g/mol. The summed E-state index contributed by atoms with van der Waals surface area (Å²) >= 11 is 0. The Morgan fingerprint density at radius 3 is 2.41 bits per heavy atom. The van der Waals surface area contributed by atoms with E-state index in [9.17, 15) is 4.39 Å². The SMILES string of the molecule is COc1ccc(CC(CN)C(C)(C)C)cc1F. The highest BCUT2D eigenvalue weighted by atomic mass is 19.1. The van der Waals surface area contributed by atoms with Gasteiger partial charge in [0.2, 0.25) is 0 Å². The van der Waals surface area contributed by atoms with Gasteiger partial charge in [0.1, 0.15) is 0 Å². The van der Waals surface area contributed by atoms with E-state index in [0.717, 1.165) is 12.0 Å². The number of benzene rings is 1. The summed E-state index contributed by atoms with van der Waals surface area (Å²) in [5, 5.41) is 0. The van der Waals surface area contributed by atoms with Crippen LogP contribution < -0.4 is 10.5 Å². The molecule has 0 spiro atoms. The molecule has 1 unspecified atom stereocenters. The number of rotatable bonds is 4. The maximum Gasteiger partial charge on any atom is 0.165 e. The molecule has 2 N–H and O–H groups in total. The van der Waals surface area contributed by atoms with Crippen molar-refractivity contribution in [2.45, 2.75) is 27.2 Å². The van der Waals surface area contributed by atoms with Crippen LogP contribution in [0.15, 0.2) is 18.2 Å². The summed E-state index contributed by atoms with van der Waals surface area (Å²) in [6.07, 6.45) is 0.793. The van der Waals surface area contributed by atoms with Crippen molar-refractivity contribution in [2.75, 3.05) is 13.7 Å². The molecule has 17 heavy (non-hydrogen) atoms. The standard InChI is InChI=1S/C14H22FNO/c1-14(2,3)11(9-16)7-10-5-6-13(17-4)12(15)8-10/h5-6,8,11H,7,9,16H2,1-4H3. The van der Waals surface area contributed by atoms with E-state index < -0.39 is 0 Å². The van der Waals surface area contributed by atoms with Gasteiger partial charge in [-0.2, -0.15) is 0 Å². The number of hydrogen-bond donors (Lipinski definition) is 1. The first kappa shape index (κ1) is 14.0. The van der Waals surface area contributed by atoms with Crippen molar-refractivity contribution in [1.29, 1.82) is 0 Å². The second kappa shape index (κ2) is 5.50. The third kappa shape index (κ3) is 3.70. The molecular formula is C14H22FNO. The van der Waals surface area contributed by atoms with Crippen molar-refractivity contribution in [2.24, 2.45) is 17.1 Å². The average molecular weight is 239 g/mol. The Labute approximate surface area is 103 Å². The van der Waals surface area contributed by atoms with Gasteiger partial charge in [-0.1, -0.05) is 26.8 Å².